The molecule has 1 N–H and O–H groups in total. The zero-order chi connectivity index (χ0) is 20.1. The number of hydrogen-bond donors (Lipinski definition) is 1. The highest BCUT2D eigenvalue weighted by molar-refractivity contribution is 9.10. The minimum absolute atomic E-state index is 0.296. The molecular weight excluding hydrogens is 484 g/mol. The van der Waals surface area contributed by atoms with Gasteiger partial charge in [-0.15, -0.1) is 0 Å². The van der Waals surface area contributed by atoms with Crippen molar-refractivity contribution in [2.75, 3.05) is 12.4 Å². The van der Waals surface area contributed by atoms with E-state index in [-0.39, 0.29) is 0 Å². The fraction of sp³-hybridized carbons (Fsp3) is 0.143. The van der Waals surface area contributed by atoms with Gasteiger partial charge in [-0.2, -0.15) is 0 Å². The summed E-state index contributed by atoms with van der Waals surface area (Å²) < 4.78 is 12.2. The van der Waals surface area contributed by atoms with E-state index in [1.165, 1.54) is 0 Å². The third-order valence-electron chi connectivity index (χ3n) is 4.04. The Morgan fingerprint density at radius 3 is 2.43 bits per heavy atom. The summed E-state index contributed by atoms with van der Waals surface area (Å²) in [4.78, 5) is 0. The van der Waals surface area contributed by atoms with Gasteiger partial charge in [-0.25, -0.2) is 0 Å². The summed E-state index contributed by atoms with van der Waals surface area (Å²) in [6.45, 7) is 0.851. The highest BCUT2D eigenvalue weighted by Gasteiger charge is 2.13. The van der Waals surface area contributed by atoms with Crippen molar-refractivity contribution in [1.29, 1.82) is 0 Å². The Hall–Kier alpha value is -1.59. The van der Waals surface area contributed by atoms with Gasteiger partial charge < -0.3 is 14.8 Å². The van der Waals surface area contributed by atoms with Crippen molar-refractivity contribution in [2.24, 2.45) is 0 Å². The van der Waals surface area contributed by atoms with Crippen LogP contribution in [0.1, 0.15) is 11.1 Å². The van der Waals surface area contributed by atoms with Gasteiger partial charge in [0.05, 0.1) is 17.2 Å². The summed E-state index contributed by atoms with van der Waals surface area (Å²) in [7, 11) is 1.58. The molecule has 7 heteroatoms. The fourth-order valence-corrected chi connectivity index (χ4v) is 3.50. The lowest BCUT2D eigenvalue weighted by Crippen LogP contribution is -2.03. The number of methoxy groups -OCH3 is 1. The Bertz CT molecular complexity index is 982. The number of hydrogen-bond acceptors (Lipinski definition) is 3. The van der Waals surface area contributed by atoms with Crippen LogP contribution in [-0.2, 0) is 13.2 Å². The maximum atomic E-state index is 6.45. The average molecular weight is 502 g/mol. The second-order valence-electron chi connectivity index (χ2n) is 5.97. The van der Waals surface area contributed by atoms with Crippen LogP contribution in [0, 0.1) is 0 Å². The first-order valence-corrected chi connectivity index (χ1v) is 10.3. The molecule has 0 saturated heterocycles. The van der Waals surface area contributed by atoms with Gasteiger partial charge in [-0.1, -0.05) is 53.0 Å². The van der Waals surface area contributed by atoms with E-state index in [0.717, 1.165) is 21.3 Å². The van der Waals surface area contributed by atoms with Crippen molar-refractivity contribution < 1.29 is 9.47 Å². The molecule has 0 aliphatic heterocycles. The lowest BCUT2D eigenvalue weighted by Gasteiger charge is -2.15. The van der Waals surface area contributed by atoms with Crippen LogP contribution in [0.5, 0.6) is 11.5 Å². The van der Waals surface area contributed by atoms with Gasteiger partial charge in [0.2, 0.25) is 0 Å². The lowest BCUT2D eigenvalue weighted by atomic mass is 10.2. The normalized spacial score (nSPS) is 10.6. The Morgan fingerprint density at radius 1 is 0.929 bits per heavy atom. The number of rotatable bonds is 7. The largest absolute Gasteiger partial charge is 0.493 e. The van der Waals surface area contributed by atoms with E-state index in [1.54, 1.807) is 7.11 Å². The number of benzene rings is 3. The molecule has 0 unspecified atom stereocenters. The Kier molecular flexibility index (Phi) is 7.36. The summed E-state index contributed by atoms with van der Waals surface area (Å²) >= 11 is 22.2. The number of halogens is 4. The van der Waals surface area contributed by atoms with E-state index < -0.39 is 0 Å². The summed E-state index contributed by atoms with van der Waals surface area (Å²) in [6, 6.07) is 16.9. The summed E-state index contributed by atoms with van der Waals surface area (Å²) in [5.41, 5.74) is 2.73. The van der Waals surface area contributed by atoms with Crippen LogP contribution in [0.25, 0.3) is 0 Å². The summed E-state index contributed by atoms with van der Waals surface area (Å²) in [5, 5.41) is 5.07. The van der Waals surface area contributed by atoms with Gasteiger partial charge in [-0.05, 0) is 57.9 Å². The SMILES string of the molecule is COc1cc(CNc2ccc(Br)c(Cl)c2)cc(Cl)c1OCc1ccccc1Cl. The van der Waals surface area contributed by atoms with E-state index in [9.17, 15) is 0 Å². The van der Waals surface area contributed by atoms with Crippen LogP contribution in [0.15, 0.2) is 59.1 Å². The van der Waals surface area contributed by atoms with Crippen LogP contribution in [0.4, 0.5) is 5.69 Å². The molecule has 3 rings (SSSR count). The molecule has 3 aromatic rings. The smallest absolute Gasteiger partial charge is 0.180 e. The van der Waals surface area contributed by atoms with Crippen LogP contribution in [0.3, 0.4) is 0 Å². The molecule has 0 fully saturated rings. The zero-order valence-electron chi connectivity index (χ0n) is 14.9. The van der Waals surface area contributed by atoms with Gasteiger partial charge in [0, 0.05) is 27.3 Å². The third-order valence-corrected chi connectivity index (χ3v) is 5.92. The van der Waals surface area contributed by atoms with Crippen LogP contribution < -0.4 is 14.8 Å². The Morgan fingerprint density at radius 2 is 1.71 bits per heavy atom. The molecule has 0 heterocycles. The molecule has 0 spiro atoms. The molecule has 0 saturated carbocycles. The first-order chi connectivity index (χ1) is 13.5. The predicted octanol–water partition coefficient (Wildman–Crippen LogP) is 7.61. The van der Waals surface area contributed by atoms with Crippen molar-refractivity contribution in [3.05, 3.63) is 85.3 Å². The van der Waals surface area contributed by atoms with Gasteiger partial charge >= 0.3 is 0 Å². The first kappa shape index (κ1) is 21.1. The minimum atomic E-state index is 0.296. The van der Waals surface area contributed by atoms with Crippen molar-refractivity contribution in [3.63, 3.8) is 0 Å². The maximum Gasteiger partial charge on any atom is 0.180 e. The average Bonchev–Trinajstić information content (AvgIpc) is 2.68. The summed E-state index contributed by atoms with van der Waals surface area (Å²) in [6.07, 6.45) is 0. The molecule has 3 aromatic carbocycles. The monoisotopic (exact) mass is 499 g/mol. The molecule has 0 amide bonds. The predicted molar refractivity (Wildman–Crippen MR) is 120 cm³/mol. The highest BCUT2D eigenvalue weighted by atomic mass is 79.9. The topological polar surface area (TPSA) is 30.5 Å². The second kappa shape index (κ2) is 9.75. The van der Waals surface area contributed by atoms with E-state index in [1.807, 2.05) is 54.6 Å². The lowest BCUT2D eigenvalue weighted by molar-refractivity contribution is 0.284. The first-order valence-electron chi connectivity index (χ1n) is 8.39. The molecule has 0 aliphatic carbocycles. The number of ether oxygens (including phenoxy) is 2. The van der Waals surface area contributed by atoms with E-state index in [4.69, 9.17) is 44.3 Å². The third kappa shape index (κ3) is 5.26. The van der Waals surface area contributed by atoms with Gasteiger partial charge in [-0.3, -0.25) is 0 Å². The minimum Gasteiger partial charge on any atom is -0.493 e. The quantitative estimate of drug-likeness (QED) is 0.361. The molecule has 3 nitrogen and oxygen atoms in total. The molecule has 28 heavy (non-hydrogen) atoms. The molecule has 0 aromatic heterocycles. The molecule has 0 aliphatic rings. The molecule has 146 valence electrons. The van der Waals surface area contributed by atoms with Crippen molar-refractivity contribution in [3.8, 4) is 11.5 Å². The fourth-order valence-electron chi connectivity index (χ4n) is 2.59. The van der Waals surface area contributed by atoms with Crippen molar-refractivity contribution in [1.82, 2.24) is 0 Å². The van der Waals surface area contributed by atoms with Crippen LogP contribution >= 0.6 is 50.7 Å². The summed E-state index contributed by atoms with van der Waals surface area (Å²) in [5.74, 6) is 1.05. The van der Waals surface area contributed by atoms with Crippen LogP contribution in [-0.4, -0.2) is 7.11 Å². The number of anilines is 1. The van der Waals surface area contributed by atoms with E-state index in [0.29, 0.717) is 39.7 Å². The van der Waals surface area contributed by atoms with Gasteiger partial charge in [0.25, 0.3) is 0 Å². The van der Waals surface area contributed by atoms with E-state index >= 15 is 0 Å². The highest BCUT2D eigenvalue weighted by Crippen LogP contribution is 2.37. The van der Waals surface area contributed by atoms with Crippen molar-refractivity contribution >= 4 is 56.4 Å². The van der Waals surface area contributed by atoms with Gasteiger partial charge in [0.15, 0.2) is 11.5 Å². The molecule has 0 radical (unpaired) electrons. The molecule has 0 atom stereocenters. The Balaban J connectivity index is 1.73. The van der Waals surface area contributed by atoms with Crippen LogP contribution in [0.2, 0.25) is 15.1 Å². The van der Waals surface area contributed by atoms with E-state index in [2.05, 4.69) is 21.2 Å². The molecule has 0 bridgehead atoms. The maximum absolute atomic E-state index is 6.45. The second-order valence-corrected chi connectivity index (χ2v) is 8.05. The molecular formula is C21H17BrCl3NO2. The zero-order valence-corrected chi connectivity index (χ0v) is 18.8. The Labute approximate surface area is 187 Å². The number of nitrogens with one attached hydrogen (secondary N) is 1. The van der Waals surface area contributed by atoms with Gasteiger partial charge in [0.1, 0.15) is 6.61 Å². The standard InChI is InChI=1S/C21H17BrCl3NO2/c1-27-20-9-13(11-26-15-6-7-16(22)18(24)10-15)8-19(25)21(20)28-12-14-4-2-3-5-17(14)23/h2-10,26H,11-12H2,1H3. The van der Waals surface area contributed by atoms with Crippen molar-refractivity contribution in [2.45, 2.75) is 13.2 Å².